The summed E-state index contributed by atoms with van der Waals surface area (Å²) >= 11 is 0. The summed E-state index contributed by atoms with van der Waals surface area (Å²) in [4.78, 5) is 12.3. The Bertz CT molecular complexity index is 953. The second kappa shape index (κ2) is 5.72. The van der Waals surface area contributed by atoms with E-state index in [2.05, 4.69) is 4.74 Å². The minimum absolute atomic E-state index is 0.0225. The number of anilines is 2. The average molecular weight is 351 g/mol. The van der Waals surface area contributed by atoms with Crippen molar-refractivity contribution in [1.82, 2.24) is 0 Å². The molecule has 0 amide bonds. The highest BCUT2D eigenvalue weighted by Gasteiger charge is 2.36. The Kier molecular flexibility index (Phi) is 3.84. The van der Waals surface area contributed by atoms with E-state index in [4.69, 9.17) is 0 Å². The molecule has 0 N–H and O–H groups in total. The summed E-state index contributed by atoms with van der Waals surface area (Å²) in [6.07, 6.45) is 1.04. The molecule has 0 saturated carbocycles. The van der Waals surface area contributed by atoms with Crippen LogP contribution in [0.5, 0.6) is 0 Å². The maximum absolute atomic E-state index is 13.6. The lowest BCUT2D eigenvalue weighted by Gasteiger charge is -2.28. The molecular formula is C16H11F2NO4S. The molecule has 0 radical (unpaired) electrons. The van der Waals surface area contributed by atoms with Crippen LogP contribution in [0.2, 0.25) is 0 Å². The van der Waals surface area contributed by atoms with Crippen molar-refractivity contribution in [2.24, 2.45) is 0 Å². The number of ether oxygens (including phenoxy) is 1. The Morgan fingerprint density at radius 1 is 1.04 bits per heavy atom. The maximum Gasteiger partial charge on any atom is 0.351 e. The van der Waals surface area contributed by atoms with E-state index in [0.29, 0.717) is 5.69 Å². The Morgan fingerprint density at radius 3 is 2.29 bits per heavy atom. The lowest BCUT2D eigenvalue weighted by molar-refractivity contribution is -0.135. The molecule has 2 aromatic rings. The van der Waals surface area contributed by atoms with Crippen molar-refractivity contribution in [2.75, 3.05) is 12.0 Å². The molecule has 8 heteroatoms. The highest BCUT2D eigenvalue weighted by Crippen LogP contribution is 2.40. The van der Waals surface area contributed by atoms with Crippen LogP contribution in [0.25, 0.3) is 0 Å². The summed E-state index contributed by atoms with van der Waals surface area (Å²) in [6.45, 7) is 0. The third-order valence-corrected chi connectivity index (χ3v) is 5.27. The van der Waals surface area contributed by atoms with Crippen LogP contribution in [0.3, 0.4) is 0 Å². The monoisotopic (exact) mass is 351 g/mol. The van der Waals surface area contributed by atoms with Gasteiger partial charge in [-0.05, 0) is 42.5 Å². The van der Waals surface area contributed by atoms with Gasteiger partial charge in [0.05, 0.1) is 17.7 Å². The van der Waals surface area contributed by atoms with Gasteiger partial charge in [0.15, 0.2) is 4.91 Å². The third-order valence-electron chi connectivity index (χ3n) is 3.50. The minimum Gasteiger partial charge on any atom is -0.465 e. The fourth-order valence-corrected chi connectivity index (χ4v) is 3.82. The Balaban J connectivity index is 2.28. The van der Waals surface area contributed by atoms with Gasteiger partial charge < -0.3 is 9.64 Å². The fourth-order valence-electron chi connectivity index (χ4n) is 2.36. The van der Waals surface area contributed by atoms with Gasteiger partial charge in [-0.2, -0.15) is 0 Å². The molecule has 0 fully saturated rings. The summed E-state index contributed by atoms with van der Waals surface area (Å²) in [5.74, 6) is -2.18. The SMILES string of the molecule is COC(=O)C1=CN(c2ccc(F)cc2)c2cc(F)ccc2S1(=O)=O. The van der Waals surface area contributed by atoms with Crippen molar-refractivity contribution < 1.29 is 26.7 Å². The van der Waals surface area contributed by atoms with Crippen LogP contribution in [0, 0.1) is 11.6 Å². The summed E-state index contributed by atoms with van der Waals surface area (Å²) in [5, 5.41) is 0. The molecule has 0 bridgehead atoms. The first kappa shape index (κ1) is 16.1. The molecule has 0 atom stereocenters. The third kappa shape index (κ3) is 2.54. The smallest absolute Gasteiger partial charge is 0.351 e. The number of hydrogen-bond acceptors (Lipinski definition) is 5. The topological polar surface area (TPSA) is 63.7 Å². The highest BCUT2D eigenvalue weighted by molar-refractivity contribution is 7.96. The van der Waals surface area contributed by atoms with Crippen LogP contribution in [-0.4, -0.2) is 21.5 Å². The van der Waals surface area contributed by atoms with Gasteiger partial charge in [-0.3, -0.25) is 0 Å². The van der Waals surface area contributed by atoms with Gasteiger partial charge in [0.25, 0.3) is 0 Å². The molecule has 3 rings (SSSR count). The normalized spacial score (nSPS) is 15.5. The molecule has 0 aliphatic carbocycles. The van der Waals surface area contributed by atoms with Gasteiger partial charge in [0, 0.05) is 11.9 Å². The number of halogens is 2. The van der Waals surface area contributed by atoms with Crippen molar-refractivity contribution in [1.29, 1.82) is 0 Å². The zero-order valence-electron chi connectivity index (χ0n) is 12.4. The molecule has 1 aliphatic rings. The van der Waals surface area contributed by atoms with E-state index in [0.717, 1.165) is 31.5 Å². The van der Waals surface area contributed by atoms with Crippen LogP contribution in [-0.2, 0) is 19.4 Å². The largest absolute Gasteiger partial charge is 0.465 e. The Labute approximate surface area is 136 Å². The zero-order valence-corrected chi connectivity index (χ0v) is 13.2. The van der Waals surface area contributed by atoms with Gasteiger partial charge in [-0.15, -0.1) is 0 Å². The summed E-state index contributed by atoms with van der Waals surface area (Å²) in [5.41, 5.74) is 0.383. The number of esters is 1. The van der Waals surface area contributed by atoms with E-state index in [9.17, 15) is 22.0 Å². The van der Waals surface area contributed by atoms with Gasteiger partial charge in [-0.1, -0.05) is 0 Å². The van der Waals surface area contributed by atoms with Gasteiger partial charge >= 0.3 is 5.97 Å². The number of fused-ring (bicyclic) bond motifs is 1. The predicted octanol–water partition coefficient (Wildman–Crippen LogP) is 2.90. The predicted molar refractivity (Wildman–Crippen MR) is 82.2 cm³/mol. The summed E-state index contributed by atoms with van der Waals surface area (Å²) in [7, 11) is -3.10. The van der Waals surface area contributed by atoms with Crippen LogP contribution in [0.1, 0.15) is 0 Å². The van der Waals surface area contributed by atoms with Crippen LogP contribution in [0.15, 0.2) is 58.5 Å². The average Bonchev–Trinajstić information content (AvgIpc) is 2.55. The first-order valence-electron chi connectivity index (χ1n) is 6.74. The van der Waals surface area contributed by atoms with E-state index in [1.54, 1.807) is 0 Å². The molecule has 2 aromatic carbocycles. The summed E-state index contributed by atoms with van der Waals surface area (Å²) < 4.78 is 56.4. The Morgan fingerprint density at radius 2 is 1.67 bits per heavy atom. The highest BCUT2D eigenvalue weighted by atomic mass is 32.2. The number of methoxy groups -OCH3 is 1. The second-order valence-electron chi connectivity index (χ2n) is 4.95. The van der Waals surface area contributed by atoms with E-state index in [1.807, 2.05) is 0 Å². The number of nitrogens with zero attached hydrogens (tertiary/aromatic N) is 1. The standard InChI is InChI=1S/C16H11F2NO4S/c1-23-16(20)15-9-19(12-5-2-10(17)3-6-12)13-8-11(18)4-7-14(13)24(15,21)22/h2-9H,1H3. The van der Waals surface area contributed by atoms with Crippen molar-refractivity contribution in [3.8, 4) is 0 Å². The first-order chi connectivity index (χ1) is 11.3. The van der Waals surface area contributed by atoms with Crippen LogP contribution >= 0.6 is 0 Å². The number of carbonyl (C=O) groups is 1. The van der Waals surface area contributed by atoms with Crippen molar-refractivity contribution in [2.45, 2.75) is 4.90 Å². The molecule has 1 heterocycles. The molecule has 0 aromatic heterocycles. The molecule has 0 saturated heterocycles. The van der Waals surface area contributed by atoms with Crippen molar-refractivity contribution in [3.63, 3.8) is 0 Å². The van der Waals surface area contributed by atoms with Crippen molar-refractivity contribution >= 4 is 27.2 Å². The van der Waals surface area contributed by atoms with E-state index < -0.39 is 32.3 Å². The van der Waals surface area contributed by atoms with Crippen LogP contribution in [0.4, 0.5) is 20.2 Å². The fraction of sp³-hybridized carbons (Fsp3) is 0.0625. The van der Waals surface area contributed by atoms with E-state index in [-0.39, 0.29) is 10.6 Å². The van der Waals surface area contributed by atoms with Crippen LogP contribution < -0.4 is 4.90 Å². The lowest BCUT2D eigenvalue weighted by Crippen LogP contribution is -2.26. The quantitative estimate of drug-likeness (QED) is 0.615. The molecular weight excluding hydrogens is 340 g/mol. The van der Waals surface area contributed by atoms with Gasteiger partial charge in [0.1, 0.15) is 11.6 Å². The number of rotatable bonds is 2. The lowest BCUT2D eigenvalue weighted by atomic mass is 10.2. The van der Waals surface area contributed by atoms with E-state index in [1.165, 1.54) is 29.2 Å². The molecule has 5 nitrogen and oxygen atoms in total. The first-order valence-corrected chi connectivity index (χ1v) is 8.22. The maximum atomic E-state index is 13.6. The minimum atomic E-state index is -4.16. The Hall–Kier alpha value is -2.74. The zero-order chi connectivity index (χ0) is 17.5. The molecule has 1 aliphatic heterocycles. The van der Waals surface area contributed by atoms with Crippen molar-refractivity contribution in [3.05, 3.63) is 65.2 Å². The number of hydrogen-bond donors (Lipinski definition) is 0. The second-order valence-corrected chi connectivity index (χ2v) is 6.83. The number of carbonyl (C=O) groups excluding carboxylic acids is 1. The number of sulfone groups is 1. The van der Waals surface area contributed by atoms with Gasteiger partial charge in [0.2, 0.25) is 9.84 Å². The molecule has 24 heavy (non-hydrogen) atoms. The van der Waals surface area contributed by atoms with E-state index >= 15 is 0 Å². The number of benzene rings is 2. The van der Waals surface area contributed by atoms with Gasteiger partial charge in [-0.25, -0.2) is 22.0 Å². The molecule has 0 unspecified atom stereocenters. The summed E-state index contributed by atoms with van der Waals surface area (Å²) in [6, 6.07) is 8.19. The molecule has 0 spiro atoms. The molecule has 124 valence electrons.